The van der Waals surface area contributed by atoms with E-state index in [-0.39, 0.29) is 31.0 Å². The fourth-order valence-corrected chi connectivity index (χ4v) is 0.711. The van der Waals surface area contributed by atoms with Crippen molar-refractivity contribution in [3.05, 3.63) is 0 Å². The second-order valence-corrected chi connectivity index (χ2v) is 3.20. The van der Waals surface area contributed by atoms with E-state index in [9.17, 15) is 4.79 Å². The highest BCUT2D eigenvalue weighted by Gasteiger charge is 2.10. The molecule has 0 aliphatic carbocycles. The van der Waals surface area contributed by atoms with Crippen LogP contribution in [0.25, 0.3) is 0 Å². The van der Waals surface area contributed by atoms with Gasteiger partial charge in [-0.3, -0.25) is 4.79 Å². The average molecular weight is 203 g/mol. The van der Waals surface area contributed by atoms with Crippen LogP contribution in [0, 0.1) is 0 Å². The van der Waals surface area contributed by atoms with Crippen molar-refractivity contribution in [3.63, 3.8) is 0 Å². The first-order valence-corrected chi connectivity index (χ1v) is 4.29. The first kappa shape index (κ1) is 12.7. The van der Waals surface area contributed by atoms with Gasteiger partial charge in [0.15, 0.2) is 5.84 Å². The van der Waals surface area contributed by atoms with Crippen molar-refractivity contribution in [1.29, 1.82) is 0 Å². The minimum absolute atomic E-state index is 0.00682. The van der Waals surface area contributed by atoms with Gasteiger partial charge in [-0.05, 0) is 13.8 Å². The van der Waals surface area contributed by atoms with Crippen molar-refractivity contribution in [2.75, 3.05) is 20.2 Å². The Morgan fingerprint density at radius 1 is 1.64 bits per heavy atom. The van der Waals surface area contributed by atoms with Crippen molar-refractivity contribution >= 4 is 11.7 Å². The number of amides is 1. The number of likely N-dealkylation sites (N-methyl/N-ethyl adjacent to an activating group) is 1. The van der Waals surface area contributed by atoms with Crippen LogP contribution in [0.15, 0.2) is 5.16 Å². The van der Waals surface area contributed by atoms with Gasteiger partial charge in [-0.15, -0.1) is 0 Å². The molecule has 6 nitrogen and oxygen atoms in total. The second-order valence-electron chi connectivity index (χ2n) is 3.20. The van der Waals surface area contributed by atoms with Gasteiger partial charge in [0.2, 0.25) is 5.91 Å². The Morgan fingerprint density at radius 3 is 2.64 bits per heavy atom. The summed E-state index contributed by atoms with van der Waals surface area (Å²) >= 11 is 0. The topological polar surface area (TPSA) is 88.2 Å². The number of carbonyl (C=O) groups is 1. The zero-order chi connectivity index (χ0) is 11.1. The van der Waals surface area contributed by atoms with Crippen LogP contribution >= 0.6 is 0 Å². The molecule has 1 amide bonds. The van der Waals surface area contributed by atoms with Crippen LogP contribution in [0.1, 0.15) is 13.8 Å². The van der Waals surface area contributed by atoms with Crippen molar-refractivity contribution in [3.8, 4) is 0 Å². The number of amidine groups is 1. The van der Waals surface area contributed by atoms with Gasteiger partial charge in [0.25, 0.3) is 0 Å². The summed E-state index contributed by atoms with van der Waals surface area (Å²) in [5.41, 5.74) is 5.23. The molecule has 0 aromatic heterocycles. The molecular weight excluding hydrogens is 186 g/mol. The van der Waals surface area contributed by atoms with Gasteiger partial charge in [-0.1, -0.05) is 5.16 Å². The summed E-state index contributed by atoms with van der Waals surface area (Å²) in [6.07, 6.45) is 0.0104. The zero-order valence-corrected chi connectivity index (χ0v) is 8.73. The molecule has 3 N–H and O–H groups in total. The smallest absolute Gasteiger partial charge is 0.248 e. The van der Waals surface area contributed by atoms with Crippen molar-refractivity contribution in [2.24, 2.45) is 10.9 Å². The van der Waals surface area contributed by atoms with E-state index in [0.717, 1.165) is 0 Å². The molecule has 0 saturated heterocycles. The van der Waals surface area contributed by atoms with Gasteiger partial charge < -0.3 is 20.6 Å². The minimum atomic E-state index is -0.203. The Hall–Kier alpha value is -1.30. The van der Waals surface area contributed by atoms with Gasteiger partial charge in [-0.2, -0.15) is 0 Å². The van der Waals surface area contributed by atoms with Crippen LogP contribution in [0.5, 0.6) is 0 Å². The Morgan fingerprint density at radius 2 is 2.21 bits per heavy atom. The Kier molecular flexibility index (Phi) is 5.62. The minimum Gasteiger partial charge on any atom is -0.409 e. The van der Waals surface area contributed by atoms with Crippen LogP contribution in [0.4, 0.5) is 0 Å². The number of rotatable bonds is 5. The maximum Gasteiger partial charge on any atom is 0.248 e. The lowest BCUT2D eigenvalue weighted by molar-refractivity contribution is -0.135. The highest BCUT2D eigenvalue weighted by Crippen LogP contribution is 1.91. The van der Waals surface area contributed by atoms with E-state index in [4.69, 9.17) is 15.7 Å². The van der Waals surface area contributed by atoms with Crippen LogP contribution in [0.3, 0.4) is 0 Å². The largest absolute Gasteiger partial charge is 0.409 e. The lowest BCUT2D eigenvalue weighted by Crippen LogP contribution is -2.38. The quantitative estimate of drug-likeness (QED) is 0.276. The van der Waals surface area contributed by atoms with Gasteiger partial charge in [0.05, 0.1) is 12.6 Å². The molecule has 0 spiro atoms. The van der Waals surface area contributed by atoms with E-state index in [2.05, 4.69) is 5.16 Å². The van der Waals surface area contributed by atoms with Crippen molar-refractivity contribution < 1.29 is 14.7 Å². The molecule has 0 aromatic carbocycles. The van der Waals surface area contributed by atoms with Gasteiger partial charge in [-0.25, -0.2) is 0 Å². The lowest BCUT2D eigenvalue weighted by Gasteiger charge is -2.16. The summed E-state index contributed by atoms with van der Waals surface area (Å²) in [6, 6.07) is 0. The predicted octanol–water partition coefficient (Wildman–Crippen LogP) is -0.384. The zero-order valence-electron chi connectivity index (χ0n) is 8.73. The Balaban J connectivity index is 3.88. The number of ether oxygens (including phenoxy) is 1. The Labute approximate surface area is 83.3 Å². The number of nitrogens with two attached hydrogens (primary N) is 1. The van der Waals surface area contributed by atoms with Crippen molar-refractivity contribution in [2.45, 2.75) is 20.0 Å². The van der Waals surface area contributed by atoms with E-state index >= 15 is 0 Å². The van der Waals surface area contributed by atoms with Gasteiger partial charge in [0, 0.05) is 7.05 Å². The average Bonchev–Trinajstić information content (AvgIpc) is 2.13. The molecule has 0 saturated carbocycles. The number of carbonyl (C=O) groups excluding carboxylic acids is 1. The van der Waals surface area contributed by atoms with Gasteiger partial charge in [0.1, 0.15) is 6.61 Å². The first-order chi connectivity index (χ1) is 6.47. The number of hydrogen-bond donors (Lipinski definition) is 2. The number of hydrogen-bond acceptors (Lipinski definition) is 4. The monoisotopic (exact) mass is 203 g/mol. The van der Waals surface area contributed by atoms with Crippen LogP contribution in [0.2, 0.25) is 0 Å². The molecule has 82 valence electrons. The summed E-state index contributed by atoms with van der Waals surface area (Å²) in [4.78, 5) is 12.6. The molecule has 0 radical (unpaired) electrons. The fourth-order valence-electron chi connectivity index (χ4n) is 0.711. The summed E-state index contributed by atoms with van der Waals surface area (Å²) in [6.45, 7) is 3.79. The third-order valence-electron chi connectivity index (χ3n) is 1.49. The van der Waals surface area contributed by atoms with Crippen molar-refractivity contribution in [1.82, 2.24) is 4.90 Å². The Bertz CT molecular complexity index is 216. The first-order valence-electron chi connectivity index (χ1n) is 4.29. The highest BCUT2D eigenvalue weighted by molar-refractivity contribution is 5.87. The molecule has 0 aromatic rings. The standard InChI is InChI=1S/C8H17N3O3/c1-6(2)14-5-8(12)11(3)4-7(9)10-13/h6,13H,4-5H2,1-3H3,(H2,9,10). The maximum atomic E-state index is 11.3. The van der Waals surface area contributed by atoms with Gasteiger partial charge >= 0.3 is 0 Å². The summed E-state index contributed by atoms with van der Waals surface area (Å²) < 4.78 is 5.11. The van der Waals surface area contributed by atoms with Crippen LogP contribution in [-0.4, -0.2) is 48.2 Å². The third kappa shape index (κ3) is 5.36. The summed E-state index contributed by atoms with van der Waals surface area (Å²) in [5, 5.41) is 11.0. The number of oxime groups is 1. The third-order valence-corrected chi connectivity index (χ3v) is 1.49. The summed E-state index contributed by atoms with van der Waals surface area (Å²) in [5.74, 6) is -0.212. The normalized spacial score (nSPS) is 11.9. The maximum absolute atomic E-state index is 11.3. The molecular formula is C8H17N3O3. The molecule has 6 heteroatoms. The lowest BCUT2D eigenvalue weighted by atomic mass is 10.4. The SMILES string of the molecule is CC(C)OCC(=O)N(C)CC(N)=NO. The van der Waals surface area contributed by atoms with E-state index in [0.29, 0.717) is 0 Å². The molecule has 0 rings (SSSR count). The molecule has 14 heavy (non-hydrogen) atoms. The van der Waals surface area contributed by atoms with E-state index in [1.807, 2.05) is 13.8 Å². The molecule has 0 heterocycles. The molecule has 0 bridgehead atoms. The molecule has 0 unspecified atom stereocenters. The fraction of sp³-hybridized carbons (Fsp3) is 0.750. The molecule has 0 aliphatic rings. The second kappa shape index (κ2) is 6.20. The number of nitrogens with zero attached hydrogens (tertiary/aromatic N) is 2. The molecule has 0 aliphatic heterocycles. The van der Waals surface area contributed by atoms with E-state index < -0.39 is 0 Å². The summed E-state index contributed by atoms with van der Waals surface area (Å²) in [7, 11) is 1.56. The molecule has 0 atom stereocenters. The highest BCUT2D eigenvalue weighted by atomic mass is 16.5. The molecule has 0 fully saturated rings. The predicted molar refractivity (Wildman–Crippen MR) is 52.1 cm³/mol. The van der Waals surface area contributed by atoms with Crippen LogP contribution < -0.4 is 5.73 Å². The van der Waals surface area contributed by atoms with E-state index in [1.165, 1.54) is 4.90 Å². The van der Waals surface area contributed by atoms with Crippen LogP contribution in [-0.2, 0) is 9.53 Å². The van der Waals surface area contributed by atoms with E-state index in [1.54, 1.807) is 7.05 Å².